The molecule has 1 aromatic heterocycles. The van der Waals surface area contributed by atoms with Gasteiger partial charge in [0.05, 0.1) is 0 Å². The van der Waals surface area contributed by atoms with Gasteiger partial charge in [0.2, 0.25) is 0 Å². The summed E-state index contributed by atoms with van der Waals surface area (Å²) in [5, 5.41) is 7.60. The summed E-state index contributed by atoms with van der Waals surface area (Å²) >= 11 is 0. The van der Waals surface area contributed by atoms with E-state index in [0.29, 0.717) is 6.61 Å². The zero-order valence-electron chi connectivity index (χ0n) is 13.0. The molecule has 0 aliphatic heterocycles. The third-order valence-corrected chi connectivity index (χ3v) is 3.16. The minimum absolute atomic E-state index is 0.288. The molecule has 0 amide bonds. The van der Waals surface area contributed by atoms with Crippen LogP contribution in [0.5, 0.6) is 5.75 Å². The Bertz CT molecular complexity index is 551. The van der Waals surface area contributed by atoms with Crippen molar-refractivity contribution in [2.24, 2.45) is 0 Å². The Labute approximate surface area is 126 Å². The molecule has 0 saturated carbocycles. The average molecular weight is 288 g/mol. The number of benzene rings is 1. The minimum Gasteiger partial charge on any atom is -0.486 e. The number of hydrogen-bond donors (Lipinski definition) is 1. The maximum absolute atomic E-state index is 5.84. The van der Waals surface area contributed by atoms with Crippen molar-refractivity contribution < 1.29 is 4.74 Å². The second-order valence-electron chi connectivity index (χ2n) is 5.33. The Hall–Kier alpha value is -1.88. The van der Waals surface area contributed by atoms with Gasteiger partial charge in [-0.2, -0.15) is 5.10 Å². The summed E-state index contributed by atoms with van der Waals surface area (Å²) in [5.74, 6) is 1.71. The van der Waals surface area contributed by atoms with Crippen LogP contribution < -0.4 is 10.1 Å². The van der Waals surface area contributed by atoms with E-state index in [2.05, 4.69) is 48.3 Å². The summed E-state index contributed by atoms with van der Waals surface area (Å²) in [6.07, 6.45) is 2.71. The van der Waals surface area contributed by atoms with Crippen LogP contribution in [0.3, 0.4) is 0 Å². The molecule has 114 valence electrons. The molecule has 0 aliphatic carbocycles. The van der Waals surface area contributed by atoms with E-state index in [-0.39, 0.29) is 6.04 Å². The zero-order chi connectivity index (χ0) is 15.1. The first-order valence-corrected chi connectivity index (χ1v) is 7.51. The van der Waals surface area contributed by atoms with Gasteiger partial charge < -0.3 is 10.1 Å². The lowest BCUT2D eigenvalue weighted by Crippen LogP contribution is -2.14. The molecule has 0 bridgehead atoms. The lowest BCUT2D eigenvalue weighted by Gasteiger charge is -2.11. The zero-order valence-corrected chi connectivity index (χ0v) is 13.0. The molecule has 1 heterocycles. The normalized spacial score (nSPS) is 11.0. The maximum atomic E-state index is 5.84. The van der Waals surface area contributed by atoms with Gasteiger partial charge >= 0.3 is 0 Å². The van der Waals surface area contributed by atoms with Gasteiger partial charge in [-0.3, -0.25) is 0 Å². The van der Waals surface area contributed by atoms with Crippen molar-refractivity contribution in [2.75, 3.05) is 6.54 Å². The SMILES string of the molecule is CCCNCc1cccc(OCc2ncnn2C(C)C)c1. The fourth-order valence-corrected chi connectivity index (χ4v) is 2.11. The molecule has 2 rings (SSSR count). The molecule has 0 fully saturated rings. The van der Waals surface area contributed by atoms with E-state index in [1.54, 1.807) is 6.33 Å². The van der Waals surface area contributed by atoms with Crippen LogP contribution in [-0.2, 0) is 13.2 Å². The van der Waals surface area contributed by atoms with Crippen LogP contribution in [-0.4, -0.2) is 21.3 Å². The third-order valence-electron chi connectivity index (χ3n) is 3.16. The van der Waals surface area contributed by atoms with Gasteiger partial charge in [0.15, 0.2) is 5.82 Å². The molecule has 21 heavy (non-hydrogen) atoms. The predicted molar refractivity (Wildman–Crippen MR) is 83.2 cm³/mol. The summed E-state index contributed by atoms with van der Waals surface area (Å²) in [7, 11) is 0. The highest BCUT2D eigenvalue weighted by molar-refractivity contribution is 5.28. The van der Waals surface area contributed by atoms with Crippen LogP contribution in [0.15, 0.2) is 30.6 Å². The first-order chi connectivity index (χ1) is 10.2. The van der Waals surface area contributed by atoms with E-state index in [1.165, 1.54) is 5.56 Å². The molecule has 5 nitrogen and oxygen atoms in total. The molecule has 5 heteroatoms. The highest BCUT2D eigenvalue weighted by Crippen LogP contribution is 2.15. The lowest BCUT2D eigenvalue weighted by atomic mass is 10.2. The number of ether oxygens (including phenoxy) is 1. The second kappa shape index (κ2) is 7.78. The first-order valence-electron chi connectivity index (χ1n) is 7.51. The van der Waals surface area contributed by atoms with Gasteiger partial charge in [0, 0.05) is 12.6 Å². The summed E-state index contributed by atoms with van der Waals surface area (Å²) in [5.41, 5.74) is 1.23. The standard InChI is InChI=1S/C16H24N4O/c1-4-8-17-10-14-6-5-7-15(9-14)21-11-16-18-12-19-20(16)13(2)3/h5-7,9,12-13,17H,4,8,10-11H2,1-3H3. The van der Waals surface area contributed by atoms with E-state index in [4.69, 9.17) is 4.74 Å². The predicted octanol–water partition coefficient (Wildman–Crippen LogP) is 2.94. The van der Waals surface area contributed by atoms with Crippen molar-refractivity contribution in [3.05, 3.63) is 42.0 Å². The Kier molecular flexibility index (Phi) is 5.75. The smallest absolute Gasteiger partial charge is 0.165 e. The van der Waals surface area contributed by atoms with Gasteiger partial charge in [-0.05, 0) is 44.5 Å². The lowest BCUT2D eigenvalue weighted by molar-refractivity contribution is 0.282. The van der Waals surface area contributed by atoms with Crippen LogP contribution in [0.2, 0.25) is 0 Å². The highest BCUT2D eigenvalue weighted by atomic mass is 16.5. The molecule has 1 N–H and O–H groups in total. The second-order valence-corrected chi connectivity index (χ2v) is 5.33. The van der Waals surface area contributed by atoms with Crippen molar-refractivity contribution >= 4 is 0 Å². The van der Waals surface area contributed by atoms with Crippen LogP contribution in [0.4, 0.5) is 0 Å². The van der Waals surface area contributed by atoms with Gasteiger partial charge in [-0.1, -0.05) is 19.1 Å². The molecule has 0 spiro atoms. The molecule has 0 unspecified atom stereocenters. The van der Waals surface area contributed by atoms with Crippen LogP contribution >= 0.6 is 0 Å². The van der Waals surface area contributed by atoms with Gasteiger partial charge in [0.1, 0.15) is 18.7 Å². The van der Waals surface area contributed by atoms with Crippen molar-refractivity contribution in [3.63, 3.8) is 0 Å². The Morgan fingerprint density at radius 2 is 2.19 bits per heavy atom. The Morgan fingerprint density at radius 1 is 1.33 bits per heavy atom. The van der Waals surface area contributed by atoms with E-state index >= 15 is 0 Å². The topological polar surface area (TPSA) is 52.0 Å². The first kappa shape index (κ1) is 15.5. The largest absolute Gasteiger partial charge is 0.486 e. The summed E-state index contributed by atoms with van der Waals surface area (Å²) in [6, 6.07) is 8.45. The monoisotopic (exact) mass is 288 g/mol. The Balaban J connectivity index is 1.93. The highest BCUT2D eigenvalue weighted by Gasteiger charge is 2.08. The van der Waals surface area contributed by atoms with Gasteiger partial charge in [0.25, 0.3) is 0 Å². The minimum atomic E-state index is 0.288. The van der Waals surface area contributed by atoms with Crippen molar-refractivity contribution in [1.29, 1.82) is 0 Å². The summed E-state index contributed by atoms with van der Waals surface area (Å²) in [4.78, 5) is 4.25. The van der Waals surface area contributed by atoms with Crippen molar-refractivity contribution in [3.8, 4) is 5.75 Å². The fraction of sp³-hybridized carbons (Fsp3) is 0.500. The molecule has 0 saturated heterocycles. The molecule has 0 radical (unpaired) electrons. The van der Waals surface area contributed by atoms with E-state index < -0.39 is 0 Å². The molecule has 0 atom stereocenters. The average Bonchev–Trinajstić information content (AvgIpc) is 2.94. The van der Waals surface area contributed by atoms with Crippen molar-refractivity contribution in [1.82, 2.24) is 20.1 Å². The van der Waals surface area contributed by atoms with Gasteiger partial charge in [-0.25, -0.2) is 9.67 Å². The Morgan fingerprint density at radius 3 is 2.95 bits per heavy atom. The van der Waals surface area contributed by atoms with Gasteiger partial charge in [-0.15, -0.1) is 0 Å². The number of hydrogen-bond acceptors (Lipinski definition) is 4. The van der Waals surface area contributed by atoms with E-state index in [9.17, 15) is 0 Å². The fourth-order valence-electron chi connectivity index (χ4n) is 2.11. The maximum Gasteiger partial charge on any atom is 0.165 e. The summed E-state index contributed by atoms with van der Waals surface area (Å²) in [6.45, 7) is 8.66. The van der Waals surface area contributed by atoms with Crippen LogP contribution in [0.1, 0.15) is 44.6 Å². The number of aromatic nitrogens is 3. The number of rotatable bonds is 8. The molecule has 2 aromatic rings. The molecular weight excluding hydrogens is 264 g/mol. The molecule has 0 aliphatic rings. The molecule has 1 aromatic carbocycles. The third kappa shape index (κ3) is 4.56. The van der Waals surface area contributed by atoms with Crippen LogP contribution in [0, 0.1) is 0 Å². The number of nitrogens with one attached hydrogen (secondary N) is 1. The quantitative estimate of drug-likeness (QED) is 0.759. The summed E-state index contributed by atoms with van der Waals surface area (Å²) < 4.78 is 7.72. The van der Waals surface area contributed by atoms with Crippen LogP contribution in [0.25, 0.3) is 0 Å². The van der Waals surface area contributed by atoms with E-state index in [0.717, 1.165) is 31.1 Å². The van der Waals surface area contributed by atoms with E-state index in [1.807, 2.05) is 16.8 Å². The number of nitrogens with zero attached hydrogens (tertiary/aromatic N) is 3. The molecular formula is C16H24N4O. The van der Waals surface area contributed by atoms with Crippen molar-refractivity contribution in [2.45, 2.75) is 46.4 Å².